The van der Waals surface area contributed by atoms with Crippen molar-refractivity contribution in [2.45, 2.75) is 12.8 Å². The third-order valence-corrected chi connectivity index (χ3v) is 2.08. The van der Waals surface area contributed by atoms with Crippen molar-refractivity contribution in [1.29, 1.82) is 0 Å². The van der Waals surface area contributed by atoms with Crippen LogP contribution in [0.3, 0.4) is 0 Å². The summed E-state index contributed by atoms with van der Waals surface area (Å²) in [4.78, 5) is 0. The van der Waals surface area contributed by atoms with Gasteiger partial charge in [-0.3, -0.25) is 0 Å². The van der Waals surface area contributed by atoms with Gasteiger partial charge in [-0.05, 0) is 12.8 Å². The van der Waals surface area contributed by atoms with Crippen LogP contribution >= 0.6 is 11.8 Å². The second kappa shape index (κ2) is 2.41. The second-order valence-electron chi connectivity index (χ2n) is 1.64. The molecule has 7 heavy (non-hydrogen) atoms. The Kier molecular flexibility index (Phi) is 1.80. The van der Waals surface area contributed by atoms with Gasteiger partial charge in [0, 0.05) is 11.0 Å². The van der Waals surface area contributed by atoms with Crippen LogP contribution in [0.1, 0.15) is 12.8 Å². The average Bonchev–Trinajstić information content (AvgIpc) is 2.42. The van der Waals surface area contributed by atoms with Gasteiger partial charge in [0.25, 0.3) is 0 Å². The molecule has 0 nitrogen and oxygen atoms in total. The molecule has 0 bridgehead atoms. The van der Waals surface area contributed by atoms with E-state index >= 15 is 0 Å². The van der Waals surface area contributed by atoms with Gasteiger partial charge < -0.3 is 0 Å². The highest BCUT2D eigenvalue weighted by atomic mass is 32.2. The molecule has 1 rings (SSSR count). The van der Waals surface area contributed by atoms with E-state index in [2.05, 4.69) is 6.58 Å². The molecular weight excluding hydrogens is 104 g/mol. The minimum atomic E-state index is 1.11. The maximum atomic E-state index is 3.63. The van der Waals surface area contributed by atoms with Crippen LogP contribution in [0.5, 0.6) is 0 Å². The van der Waals surface area contributed by atoms with Crippen LogP contribution in [-0.4, -0.2) is 5.75 Å². The van der Waals surface area contributed by atoms with Gasteiger partial charge >= 0.3 is 0 Å². The largest absolute Gasteiger partial charge is 0.150 e. The van der Waals surface area contributed by atoms with Crippen molar-refractivity contribution < 1.29 is 0 Å². The summed E-state index contributed by atoms with van der Waals surface area (Å²) in [6.45, 7) is 3.63. The van der Waals surface area contributed by atoms with E-state index in [9.17, 15) is 0 Å². The first-order valence-corrected chi connectivity index (χ1v) is 3.50. The van der Waals surface area contributed by atoms with Gasteiger partial charge in [-0.1, -0.05) is 6.08 Å². The van der Waals surface area contributed by atoms with Gasteiger partial charge in [-0.2, -0.15) is 0 Å². The fourth-order valence-electron chi connectivity index (χ4n) is 0.372. The van der Waals surface area contributed by atoms with E-state index in [1.54, 1.807) is 5.25 Å². The topological polar surface area (TPSA) is 0 Å². The molecule has 1 heteroatoms. The van der Waals surface area contributed by atoms with Crippen LogP contribution in [-0.2, 0) is 0 Å². The molecule has 0 amide bonds. The summed E-state index contributed by atoms with van der Waals surface area (Å²) in [6, 6.07) is 0. The number of rotatable bonds is 3. The molecule has 1 aliphatic carbocycles. The Morgan fingerprint density at radius 3 is 2.86 bits per heavy atom. The normalized spacial score (nSPS) is 19.4. The van der Waals surface area contributed by atoms with Gasteiger partial charge in [0.05, 0.1) is 0 Å². The maximum Gasteiger partial charge on any atom is 0.0311 e. The summed E-state index contributed by atoms with van der Waals surface area (Å²) in [5, 5.41) is 1.65. The maximum absolute atomic E-state index is 3.63. The Labute approximate surface area is 49.0 Å². The zero-order chi connectivity index (χ0) is 5.11. The number of hydrogen-bond donors (Lipinski definition) is 0. The second-order valence-corrected chi connectivity index (χ2v) is 2.84. The highest BCUT2D eigenvalue weighted by Crippen LogP contribution is 2.42. The van der Waals surface area contributed by atoms with E-state index in [0.717, 1.165) is 5.75 Å². The molecule has 0 unspecified atom stereocenters. The molecule has 0 N–H and O–H groups in total. The molecule has 0 aromatic rings. The monoisotopic (exact) mass is 113 g/mol. The summed E-state index contributed by atoms with van der Waals surface area (Å²) < 4.78 is 0. The molecule has 0 aliphatic heterocycles. The van der Waals surface area contributed by atoms with Crippen LogP contribution in [0, 0.1) is 5.25 Å². The molecule has 0 atom stereocenters. The molecular formula is C6H9S. The zero-order valence-electron chi connectivity index (χ0n) is 4.31. The Balaban J connectivity index is 1.88. The van der Waals surface area contributed by atoms with Gasteiger partial charge in [-0.15, -0.1) is 18.3 Å². The fraction of sp³-hybridized carbons (Fsp3) is 0.500. The summed E-state index contributed by atoms with van der Waals surface area (Å²) >= 11 is 1.94. The highest BCUT2D eigenvalue weighted by molar-refractivity contribution is 8.02. The first kappa shape index (κ1) is 5.23. The minimum absolute atomic E-state index is 1.11. The molecule has 1 fully saturated rings. The standard InChI is InChI=1S/C6H9S/c1-2-5-7-6-3-4-6/h2H,1,3-5H2. The van der Waals surface area contributed by atoms with Crippen LogP contribution in [0.25, 0.3) is 0 Å². The number of hydrogen-bond acceptors (Lipinski definition) is 1. The van der Waals surface area contributed by atoms with Crippen LogP contribution in [0.2, 0.25) is 0 Å². The minimum Gasteiger partial charge on any atom is -0.150 e. The van der Waals surface area contributed by atoms with Crippen molar-refractivity contribution in [2.24, 2.45) is 0 Å². The lowest BCUT2D eigenvalue weighted by Crippen LogP contribution is -1.64. The van der Waals surface area contributed by atoms with Gasteiger partial charge in [0.1, 0.15) is 0 Å². The molecule has 1 aliphatic rings. The van der Waals surface area contributed by atoms with Crippen LogP contribution in [0.15, 0.2) is 12.7 Å². The smallest absolute Gasteiger partial charge is 0.0311 e. The van der Waals surface area contributed by atoms with E-state index in [0.29, 0.717) is 0 Å². The lowest BCUT2D eigenvalue weighted by atomic mass is 10.8. The lowest BCUT2D eigenvalue weighted by molar-refractivity contribution is 1.50. The predicted octanol–water partition coefficient (Wildman–Crippen LogP) is 2.23. The lowest BCUT2D eigenvalue weighted by Gasteiger charge is -1.85. The SMILES string of the molecule is C=CCS[C]1CC1. The molecule has 0 heterocycles. The molecule has 0 saturated heterocycles. The quantitative estimate of drug-likeness (QED) is 0.506. The number of thioether (sulfide) groups is 1. The molecule has 1 saturated carbocycles. The van der Waals surface area contributed by atoms with E-state index in [1.807, 2.05) is 17.8 Å². The Hall–Kier alpha value is 0.0900. The van der Waals surface area contributed by atoms with Crippen molar-refractivity contribution >= 4 is 11.8 Å². The summed E-state index contributed by atoms with van der Waals surface area (Å²) in [7, 11) is 0. The molecule has 0 spiro atoms. The van der Waals surface area contributed by atoms with E-state index in [1.165, 1.54) is 12.8 Å². The first-order chi connectivity index (χ1) is 3.43. The van der Waals surface area contributed by atoms with Crippen molar-refractivity contribution in [2.75, 3.05) is 5.75 Å². The van der Waals surface area contributed by atoms with E-state index in [-0.39, 0.29) is 0 Å². The average molecular weight is 113 g/mol. The third kappa shape index (κ3) is 2.03. The van der Waals surface area contributed by atoms with Crippen LogP contribution < -0.4 is 0 Å². The zero-order valence-corrected chi connectivity index (χ0v) is 5.13. The van der Waals surface area contributed by atoms with Crippen molar-refractivity contribution in [3.63, 3.8) is 0 Å². The van der Waals surface area contributed by atoms with Gasteiger partial charge in [-0.25, -0.2) is 0 Å². The Morgan fingerprint density at radius 1 is 1.71 bits per heavy atom. The molecule has 0 aromatic heterocycles. The fourth-order valence-corrected chi connectivity index (χ4v) is 1.12. The summed E-state index contributed by atoms with van der Waals surface area (Å²) in [6.07, 6.45) is 4.67. The molecule has 0 aromatic carbocycles. The Bertz CT molecular complexity index is 64.6. The van der Waals surface area contributed by atoms with Crippen molar-refractivity contribution in [3.8, 4) is 0 Å². The van der Waals surface area contributed by atoms with Crippen molar-refractivity contribution in [3.05, 3.63) is 17.9 Å². The molecule has 1 radical (unpaired) electrons. The predicted molar refractivity (Wildman–Crippen MR) is 35.1 cm³/mol. The summed E-state index contributed by atoms with van der Waals surface area (Å²) in [5.41, 5.74) is 0. The molecule has 39 valence electrons. The van der Waals surface area contributed by atoms with E-state index in [4.69, 9.17) is 0 Å². The van der Waals surface area contributed by atoms with Gasteiger partial charge in [0.15, 0.2) is 0 Å². The van der Waals surface area contributed by atoms with E-state index < -0.39 is 0 Å². The van der Waals surface area contributed by atoms with Crippen molar-refractivity contribution in [1.82, 2.24) is 0 Å². The third-order valence-electron chi connectivity index (χ3n) is 0.859. The summed E-state index contributed by atoms with van der Waals surface area (Å²) in [5.74, 6) is 1.11. The van der Waals surface area contributed by atoms with Crippen LogP contribution in [0.4, 0.5) is 0 Å². The first-order valence-electron chi connectivity index (χ1n) is 2.52. The Morgan fingerprint density at radius 2 is 2.43 bits per heavy atom. The highest BCUT2D eigenvalue weighted by Gasteiger charge is 2.21. The van der Waals surface area contributed by atoms with Gasteiger partial charge in [0.2, 0.25) is 0 Å².